The number of hydrogen-bond donors (Lipinski definition) is 0. The van der Waals surface area contributed by atoms with E-state index in [4.69, 9.17) is 4.98 Å². The van der Waals surface area contributed by atoms with Crippen molar-refractivity contribution in [2.75, 3.05) is 0 Å². The van der Waals surface area contributed by atoms with Gasteiger partial charge in [-0.2, -0.15) is 0 Å². The number of fused-ring (bicyclic) bond motifs is 2. The highest BCUT2D eigenvalue weighted by atomic mass is 14.9. The number of rotatable bonds is 1. The lowest BCUT2D eigenvalue weighted by Gasteiger charge is -2.01. The lowest BCUT2D eigenvalue weighted by Crippen LogP contribution is -1.88. The molecule has 90 valence electrons. The maximum Gasteiger partial charge on any atom is 0.0914 e. The number of hydrogen-bond acceptors (Lipinski definition) is 2. The Kier molecular flexibility index (Phi) is 2.12. The van der Waals surface area contributed by atoms with E-state index in [-0.39, 0.29) is 0 Å². The molecule has 0 fully saturated rings. The van der Waals surface area contributed by atoms with E-state index < -0.39 is 0 Å². The molecule has 0 radical (unpaired) electrons. The lowest BCUT2D eigenvalue weighted by molar-refractivity contribution is 1.20. The molecule has 3 nitrogen and oxygen atoms in total. The van der Waals surface area contributed by atoms with Gasteiger partial charge in [0.25, 0.3) is 0 Å². The fraction of sp³-hybridized carbons (Fsp3) is 0. The lowest BCUT2D eigenvalue weighted by atomic mass is 10.2. The molecule has 0 atom stereocenters. The number of benzene rings is 1. The van der Waals surface area contributed by atoms with Gasteiger partial charge in [-0.1, -0.05) is 18.2 Å². The molecule has 0 N–H and O–H groups in total. The number of pyridine rings is 1. The van der Waals surface area contributed by atoms with E-state index in [9.17, 15) is 0 Å². The highest BCUT2D eigenvalue weighted by Gasteiger charge is 2.07. The Morgan fingerprint density at radius 3 is 2.58 bits per heavy atom. The van der Waals surface area contributed by atoms with Gasteiger partial charge in [-0.15, -0.1) is 0 Å². The van der Waals surface area contributed by atoms with Crippen LogP contribution in [0.3, 0.4) is 0 Å². The molecule has 3 aromatic heterocycles. The minimum atomic E-state index is 0.910. The molecular weight excluding hydrogens is 234 g/mol. The highest BCUT2D eigenvalue weighted by Crippen LogP contribution is 2.24. The number of aromatic nitrogens is 3. The predicted octanol–water partition coefficient (Wildman–Crippen LogP) is 3.55. The maximum atomic E-state index is 4.69. The molecule has 0 aliphatic heterocycles. The van der Waals surface area contributed by atoms with Gasteiger partial charge < -0.3 is 4.40 Å². The Morgan fingerprint density at radius 1 is 0.789 bits per heavy atom. The first-order valence-corrected chi connectivity index (χ1v) is 6.20. The predicted molar refractivity (Wildman–Crippen MR) is 75.9 cm³/mol. The van der Waals surface area contributed by atoms with E-state index in [0.717, 1.165) is 27.8 Å². The third-order valence-corrected chi connectivity index (χ3v) is 3.29. The summed E-state index contributed by atoms with van der Waals surface area (Å²) in [7, 11) is 0. The maximum absolute atomic E-state index is 4.69. The van der Waals surface area contributed by atoms with Crippen LogP contribution in [0.15, 0.2) is 67.1 Å². The molecular formula is C16H11N3. The Morgan fingerprint density at radius 2 is 1.63 bits per heavy atom. The summed E-state index contributed by atoms with van der Waals surface area (Å²) in [6.07, 6.45) is 5.92. The van der Waals surface area contributed by atoms with Crippen LogP contribution in [0.5, 0.6) is 0 Å². The Balaban J connectivity index is 1.99. The topological polar surface area (TPSA) is 30.2 Å². The summed E-state index contributed by atoms with van der Waals surface area (Å²) in [6.45, 7) is 0. The average molecular weight is 245 g/mol. The molecule has 0 saturated heterocycles. The smallest absolute Gasteiger partial charge is 0.0914 e. The molecule has 0 bridgehead atoms. The molecule has 0 aliphatic carbocycles. The molecule has 0 spiro atoms. The van der Waals surface area contributed by atoms with Crippen molar-refractivity contribution in [3.63, 3.8) is 0 Å². The number of para-hydroxylation sites is 2. The second-order valence-electron chi connectivity index (χ2n) is 4.47. The van der Waals surface area contributed by atoms with Gasteiger partial charge in [-0.3, -0.25) is 4.98 Å². The largest absolute Gasteiger partial charge is 0.323 e. The van der Waals surface area contributed by atoms with Crippen molar-refractivity contribution < 1.29 is 0 Å². The zero-order valence-corrected chi connectivity index (χ0v) is 10.2. The summed E-state index contributed by atoms with van der Waals surface area (Å²) in [5.41, 5.74) is 5.02. The molecule has 3 heterocycles. The monoisotopic (exact) mass is 245 g/mol. The Labute approximate surface area is 110 Å². The standard InChI is InChI=1S/C16H11N3/c1-2-6-14-13(5-1)17-11-15(18-14)12-8-10-19-9-4-3-7-16(12)19/h1-11H. The zero-order valence-electron chi connectivity index (χ0n) is 10.2. The molecule has 0 unspecified atom stereocenters. The van der Waals surface area contributed by atoms with E-state index in [0.29, 0.717) is 0 Å². The first-order valence-electron chi connectivity index (χ1n) is 6.20. The summed E-state index contributed by atoms with van der Waals surface area (Å²) in [5.74, 6) is 0. The molecule has 0 amide bonds. The number of nitrogens with zero attached hydrogens (tertiary/aromatic N) is 3. The van der Waals surface area contributed by atoms with E-state index in [1.807, 2.05) is 55.0 Å². The highest BCUT2D eigenvalue weighted by molar-refractivity contribution is 5.82. The van der Waals surface area contributed by atoms with Gasteiger partial charge in [0.15, 0.2) is 0 Å². The van der Waals surface area contributed by atoms with Crippen LogP contribution in [-0.4, -0.2) is 14.4 Å². The van der Waals surface area contributed by atoms with Crippen molar-refractivity contribution in [3.05, 3.63) is 67.1 Å². The molecule has 4 rings (SSSR count). The zero-order chi connectivity index (χ0) is 12.7. The molecule has 4 aromatic rings. The fourth-order valence-corrected chi connectivity index (χ4v) is 2.36. The second-order valence-corrected chi connectivity index (χ2v) is 4.47. The van der Waals surface area contributed by atoms with Crippen LogP contribution >= 0.6 is 0 Å². The molecule has 0 saturated carbocycles. The second kappa shape index (κ2) is 3.92. The Bertz CT molecular complexity index is 877. The summed E-state index contributed by atoms with van der Waals surface area (Å²) < 4.78 is 2.09. The average Bonchev–Trinajstić information content (AvgIpc) is 2.91. The molecule has 3 heteroatoms. The van der Waals surface area contributed by atoms with Gasteiger partial charge in [0, 0.05) is 18.0 Å². The first kappa shape index (κ1) is 10.3. The van der Waals surface area contributed by atoms with Crippen LogP contribution in [0, 0.1) is 0 Å². The Hall–Kier alpha value is -2.68. The van der Waals surface area contributed by atoms with E-state index in [2.05, 4.69) is 21.5 Å². The van der Waals surface area contributed by atoms with Crippen molar-refractivity contribution in [1.82, 2.24) is 14.4 Å². The molecule has 0 aliphatic rings. The van der Waals surface area contributed by atoms with Gasteiger partial charge in [-0.05, 0) is 30.3 Å². The van der Waals surface area contributed by atoms with Crippen molar-refractivity contribution >= 4 is 16.6 Å². The van der Waals surface area contributed by atoms with Crippen LogP contribution in [0.4, 0.5) is 0 Å². The van der Waals surface area contributed by atoms with Crippen molar-refractivity contribution in [2.45, 2.75) is 0 Å². The van der Waals surface area contributed by atoms with E-state index in [1.54, 1.807) is 0 Å². The van der Waals surface area contributed by atoms with Crippen molar-refractivity contribution in [3.8, 4) is 11.3 Å². The van der Waals surface area contributed by atoms with Crippen LogP contribution < -0.4 is 0 Å². The van der Waals surface area contributed by atoms with Gasteiger partial charge in [0.05, 0.1) is 28.4 Å². The van der Waals surface area contributed by atoms with E-state index in [1.165, 1.54) is 0 Å². The summed E-state index contributed by atoms with van der Waals surface area (Å²) in [5, 5.41) is 0. The molecule has 1 aromatic carbocycles. The minimum absolute atomic E-state index is 0.910. The first-order chi connectivity index (χ1) is 9.42. The summed E-state index contributed by atoms with van der Waals surface area (Å²) in [4.78, 5) is 9.16. The minimum Gasteiger partial charge on any atom is -0.323 e. The SMILES string of the molecule is c1ccc2nc(-c3ccn4ccccc34)cnc2c1. The van der Waals surface area contributed by atoms with Crippen LogP contribution in [-0.2, 0) is 0 Å². The molecule has 19 heavy (non-hydrogen) atoms. The van der Waals surface area contributed by atoms with Gasteiger partial charge in [-0.25, -0.2) is 4.98 Å². The van der Waals surface area contributed by atoms with Crippen molar-refractivity contribution in [2.24, 2.45) is 0 Å². The third kappa shape index (κ3) is 1.59. The summed E-state index contributed by atoms with van der Waals surface area (Å²) in [6, 6.07) is 16.1. The van der Waals surface area contributed by atoms with Gasteiger partial charge in [0.2, 0.25) is 0 Å². The summed E-state index contributed by atoms with van der Waals surface area (Å²) >= 11 is 0. The van der Waals surface area contributed by atoms with Gasteiger partial charge in [0.1, 0.15) is 0 Å². The van der Waals surface area contributed by atoms with Gasteiger partial charge >= 0.3 is 0 Å². The fourth-order valence-electron chi connectivity index (χ4n) is 2.36. The third-order valence-electron chi connectivity index (χ3n) is 3.29. The van der Waals surface area contributed by atoms with Crippen molar-refractivity contribution in [1.29, 1.82) is 0 Å². The van der Waals surface area contributed by atoms with Crippen LogP contribution in [0.25, 0.3) is 27.8 Å². The van der Waals surface area contributed by atoms with Crippen LogP contribution in [0.1, 0.15) is 0 Å². The van der Waals surface area contributed by atoms with E-state index >= 15 is 0 Å². The van der Waals surface area contributed by atoms with Crippen LogP contribution in [0.2, 0.25) is 0 Å². The normalized spacial score (nSPS) is 11.2. The quantitative estimate of drug-likeness (QED) is 0.513.